The Labute approximate surface area is 136 Å². The molecule has 1 unspecified atom stereocenters. The Bertz CT molecular complexity index is 840. The van der Waals surface area contributed by atoms with E-state index < -0.39 is 0 Å². The van der Waals surface area contributed by atoms with Crippen molar-refractivity contribution in [3.8, 4) is 0 Å². The molecule has 0 saturated carbocycles. The van der Waals surface area contributed by atoms with Crippen molar-refractivity contribution < 1.29 is 5.11 Å². The summed E-state index contributed by atoms with van der Waals surface area (Å²) < 4.78 is 2.13. The van der Waals surface area contributed by atoms with E-state index in [-0.39, 0.29) is 12.6 Å². The fourth-order valence-corrected chi connectivity index (χ4v) is 3.59. The number of fused-ring (bicyclic) bond motifs is 2. The van der Waals surface area contributed by atoms with Crippen LogP contribution in [0.2, 0.25) is 0 Å². The van der Waals surface area contributed by atoms with Crippen LogP contribution in [0.3, 0.4) is 0 Å². The van der Waals surface area contributed by atoms with Gasteiger partial charge in [0.2, 0.25) is 0 Å². The van der Waals surface area contributed by atoms with Gasteiger partial charge in [0.1, 0.15) is 5.65 Å². The lowest BCUT2D eigenvalue weighted by atomic mass is 9.93. The van der Waals surface area contributed by atoms with Gasteiger partial charge < -0.3 is 9.51 Å². The number of rotatable bonds is 3. The van der Waals surface area contributed by atoms with Gasteiger partial charge in [0.05, 0.1) is 18.3 Å². The molecule has 4 rings (SSSR count). The minimum atomic E-state index is 0.0610. The standard InChI is InChI=1S/C19H21N3O/c1-14-5-4-8-19-20-16(12-22(14)19)11-21-10-9-15-6-2-3-7-17(15)18(21)13-23/h2-8,12,18,23H,9-11,13H2,1H3. The third kappa shape index (κ3) is 2.54. The first kappa shape index (κ1) is 14.4. The Balaban J connectivity index is 1.64. The molecule has 0 saturated heterocycles. The molecular weight excluding hydrogens is 286 g/mol. The van der Waals surface area contributed by atoms with Crippen LogP contribution in [-0.4, -0.2) is 32.5 Å². The van der Waals surface area contributed by atoms with Crippen LogP contribution in [0.5, 0.6) is 0 Å². The SMILES string of the molecule is Cc1cccc2nc(CN3CCc4ccccc4C3CO)cn12. The van der Waals surface area contributed by atoms with E-state index in [4.69, 9.17) is 4.98 Å². The van der Waals surface area contributed by atoms with E-state index in [0.717, 1.165) is 30.9 Å². The molecule has 0 fully saturated rings. The van der Waals surface area contributed by atoms with Crippen LogP contribution in [0.4, 0.5) is 0 Å². The van der Waals surface area contributed by atoms with Crippen molar-refractivity contribution in [2.75, 3.05) is 13.2 Å². The Hall–Kier alpha value is -2.17. The number of hydrogen-bond acceptors (Lipinski definition) is 3. The summed E-state index contributed by atoms with van der Waals surface area (Å²) in [6.45, 7) is 3.95. The van der Waals surface area contributed by atoms with Crippen molar-refractivity contribution >= 4 is 5.65 Å². The zero-order chi connectivity index (χ0) is 15.8. The molecule has 118 valence electrons. The van der Waals surface area contributed by atoms with Gasteiger partial charge in [-0.2, -0.15) is 0 Å². The van der Waals surface area contributed by atoms with E-state index in [1.807, 2.05) is 12.1 Å². The van der Waals surface area contributed by atoms with Gasteiger partial charge in [0.15, 0.2) is 0 Å². The molecule has 4 nitrogen and oxygen atoms in total. The number of benzene rings is 1. The van der Waals surface area contributed by atoms with Crippen LogP contribution < -0.4 is 0 Å². The molecule has 0 bridgehead atoms. The van der Waals surface area contributed by atoms with Crippen molar-refractivity contribution in [3.05, 3.63) is 71.2 Å². The quantitative estimate of drug-likeness (QED) is 0.809. The van der Waals surface area contributed by atoms with Crippen LogP contribution >= 0.6 is 0 Å². The second kappa shape index (κ2) is 5.80. The molecule has 23 heavy (non-hydrogen) atoms. The molecule has 3 heterocycles. The van der Waals surface area contributed by atoms with E-state index in [9.17, 15) is 5.11 Å². The van der Waals surface area contributed by atoms with Crippen molar-refractivity contribution in [1.29, 1.82) is 0 Å². The Kier molecular flexibility index (Phi) is 3.63. The molecule has 1 aliphatic rings. The van der Waals surface area contributed by atoms with E-state index in [1.165, 1.54) is 16.8 Å². The molecule has 0 amide bonds. The van der Waals surface area contributed by atoms with Crippen LogP contribution in [-0.2, 0) is 13.0 Å². The van der Waals surface area contributed by atoms with Crippen LogP contribution in [0.25, 0.3) is 5.65 Å². The topological polar surface area (TPSA) is 40.8 Å². The first-order valence-electron chi connectivity index (χ1n) is 8.12. The Morgan fingerprint density at radius 2 is 2.04 bits per heavy atom. The Morgan fingerprint density at radius 3 is 2.87 bits per heavy atom. The fraction of sp³-hybridized carbons (Fsp3) is 0.316. The van der Waals surface area contributed by atoms with Gasteiger partial charge in [-0.05, 0) is 36.6 Å². The van der Waals surface area contributed by atoms with Crippen molar-refractivity contribution in [2.45, 2.75) is 25.9 Å². The van der Waals surface area contributed by atoms with Gasteiger partial charge in [-0.1, -0.05) is 30.3 Å². The number of aryl methyl sites for hydroxylation is 1. The molecule has 3 aromatic rings. The lowest BCUT2D eigenvalue weighted by Crippen LogP contribution is -2.36. The number of pyridine rings is 1. The molecule has 1 N–H and O–H groups in total. The van der Waals surface area contributed by atoms with Gasteiger partial charge in [-0.15, -0.1) is 0 Å². The number of imidazole rings is 1. The average molecular weight is 307 g/mol. The first-order valence-corrected chi connectivity index (χ1v) is 8.12. The number of aliphatic hydroxyl groups excluding tert-OH is 1. The summed E-state index contributed by atoms with van der Waals surface area (Å²) in [5, 5.41) is 9.90. The van der Waals surface area contributed by atoms with Gasteiger partial charge in [0, 0.05) is 25.0 Å². The highest BCUT2D eigenvalue weighted by Crippen LogP contribution is 2.30. The van der Waals surface area contributed by atoms with E-state index in [1.54, 1.807) is 0 Å². The minimum absolute atomic E-state index is 0.0610. The van der Waals surface area contributed by atoms with Gasteiger partial charge in [-0.3, -0.25) is 4.90 Å². The maximum Gasteiger partial charge on any atom is 0.137 e. The molecule has 4 heteroatoms. The predicted molar refractivity (Wildman–Crippen MR) is 90.3 cm³/mol. The van der Waals surface area contributed by atoms with Crippen LogP contribution in [0.15, 0.2) is 48.7 Å². The highest BCUT2D eigenvalue weighted by Gasteiger charge is 2.27. The summed E-state index contributed by atoms with van der Waals surface area (Å²) >= 11 is 0. The number of aliphatic hydroxyl groups is 1. The number of aromatic nitrogens is 2. The zero-order valence-electron chi connectivity index (χ0n) is 13.3. The van der Waals surface area contributed by atoms with Crippen molar-refractivity contribution in [1.82, 2.24) is 14.3 Å². The maximum absolute atomic E-state index is 9.90. The largest absolute Gasteiger partial charge is 0.394 e. The minimum Gasteiger partial charge on any atom is -0.394 e. The average Bonchev–Trinajstić information content (AvgIpc) is 2.99. The maximum atomic E-state index is 9.90. The summed E-state index contributed by atoms with van der Waals surface area (Å²) in [6.07, 6.45) is 3.14. The normalized spacial score (nSPS) is 18.3. The second-order valence-corrected chi connectivity index (χ2v) is 6.25. The van der Waals surface area contributed by atoms with Gasteiger partial charge >= 0.3 is 0 Å². The van der Waals surface area contributed by atoms with E-state index >= 15 is 0 Å². The molecule has 1 atom stereocenters. The Morgan fingerprint density at radius 1 is 1.17 bits per heavy atom. The first-order chi connectivity index (χ1) is 11.3. The second-order valence-electron chi connectivity index (χ2n) is 6.25. The smallest absolute Gasteiger partial charge is 0.137 e. The van der Waals surface area contributed by atoms with Crippen molar-refractivity contribution in [2.24, 2.45) is 0 Å². The summed E-state index contributed by atoms with van der Waals surface area (Å²) in [7, 11) is 0. The monoisotopic (exact) mass is 307 g/mol. The van der Waals surface area contributed by atoms with E-state index in [2.05, 4.69) is 52.8 Å². The molecule has 1 aromatic carbocycles. The highest BCUT2D eigenvalue weighted by atomic mass is 16.3. The van der Waals surface area contributed by atoms with E-state index in [0.29, 0.717) is 0 Å². The lowest BCUT2D eigenvalue weighted by Gasteiger charge is -2.35. The lowest BCUT2D eigenvalue weighted by molar-refractivity contribution is 0.107. The molecule has 0 radical (unpaired) electrons. The number of nitrogens with zero attached hydrogens (tertiary/aromatic N) is 3. The fourth-order valence-electron chi connectivity index (χ4n) is 3.59. The molecule has 1 aliphatic heterocycles. The molecule has 2 aromatic heterocycles. The molecular formula is C19H21N3O. The van der Waals surface area contributed by atoms with Gasteiger partial charge in [0.25, 0.3) is 0 Å². The predicted octanol–water partition coefficient (Wildman–Crippen LogP) is 2.73. The van der Waals surface area contributed by atoms with Gasteiger partial charge in [-0.25, -0.2) is 4.98 Å². The molecule has 0 spiro atoms. The molecule has 0 aliphatic carbocycles. The van der Waals surface area contributed by atoms with Crippen LogP contribution in [0, 0.1) is 6.92 Å². The zero-order valence-corrected chi connectivity index (χ0v) is 13.3. The summed E-state index contributed by atoms with van der Waals surface area (Å²) in [4.78, 5) is 7.06. The number of hydrogen-bond donors (Lipinski definition) is 1. The highest BCUT2D eigenvalue weighted by molar-refractivity contribution is 5.41. The summed E-state index contributed by atoms with van der Waals surface area (Å²) in [6, 6.07) is 14.7. The third-order valence-corrected chi connectivity index (χ3v) is 4.81. The summed E-state index contributed by atoms with van der Waals surface area (Å²) in [5.41, 5.74) is 5.83. The summed E-state index contributed by atoms with van der Waals surface area (Å²) in [5.74, 6) is 0. The third-order valence-electron chi connectivity index (χ3n) is 4.81. The van der Waals surface area contributed by atoms with Crippen molar-refractivity contribution in [3.63, 3.8) is 0 Å². The van der Waals surface area contributed by atoms with Crippen LogP contribution in [0.1, 0.15) is 28.6 Å².